The van der Waals surface area contributed by atoms with Crippen molar-refractivity contribution < 1.29 is 0 Å². The monoisotopic (exact) mass is 224 g/mol. The number of benzene rings is 1. The summed E-state index contributed by atoms with van der Waals surface area (Å²) in [6, 6.07) is 6.04. The topological polar surface area (TPSA) is 28.7 Å². The third-order valence-electron chi connectivity index (χ3n) is 1.85. The van der Waals surface area contributed by atoms with E-state index in [9.17, 15) is 0 Å². The molecule has 62 valence electrons. The van der Waals surface area contributed by atoms with Gasteiger partial charge in [-0.2, -0.15) is 0 Å². The van der Waals surface area contributed by atoms with Crippen molar-refractivity contribution in [3.8, 4) is 0 Å². The van der Waals surface area contributed by atoms with Crippen LogP contribution in [0.3, 0.4) is 0 Å². The van der Waals surface area contributed by atoms with E-state index in [4.69, 9.17) is 0 Å². The molecule has 0 saturated carbocycles. The summed E-state index contributed by atoms with van der Waals surface area (Å²) in [5.41, 5.74) is 2.12. The Balaban J connectivity index is 2.74. The van der Waals surface area contributed by atoms with Gasteiger partial charge in [0.15, 0.2) is 0 Å². The molecule has 1 N–H and O–H groups in total. The van der Waals surface area contributed by atoms with Crippen LogP contribution in [-0.4, -0.2) is 9.97 Å². The molecule has 0 aliphatic heterocycles. The molecule has 2 nitrogen and oxygen atoms in total. The fourth-order valence-electron chi connectivity index (χ4n) is 1.22. The van der Waals surface area contributed by atoms with Crippen LogP contribution in [0.1, 0.15) is 12.7 Å². The number of rotatable bonds is 1. The zero-order valence-corrected chi connectivity index (χ0v) is 8.35. The van der Waals surface area contributed by atoms with E-state index in [-0.39, 0.29) is 0 Å². The van der Waals surface area contributed by atoms with Crippen molar-refractivity contribution in [1.82, 2.24) is 9.97 Å². The number of fused-ring (bicyclic) bond motifs is 1. The number of imidazole rings is 1. The number of nitrogens with one attached hydrogen (secondary N) is 1. The Morgan fingerprint density at radius 3 is 3.00 bits per heavy atom. The lowest BCUT2D eigenvalue weighted by Gasteiger charge is -1.88. The second-order valence-corrected chi connectivity index (χ2v) is 3.53. The minimum Gasteiger partial charge on any atom is -0.342 e. The average molecular weight is 225 g/mol. The summed E-state index contributed by atoms with van der Waals surface area (Å²) in [6.07, 6.45) is 0.946. The van der Waals surface area contributed by atoms with Crippen LogP contribution >= 0.6 is 15.9 Å². The first-order valence-corrected chi connectivity index (χ1v) is 4.73. The van der Waals surface area contributed by atoms with Gasteiger partial charge in [-0.25, -0.2) is 4.98 Å². The SMILES string of the molecule is CCc1nc2c(Br)cccc2[nH]1. The van der Waals surface area contributed by atoms with E-state index in [0.29, 0.717) is 0 Å². The fourth-order valence-corrected chi connectivity index (χ4v) is 1.67. The number of halogens is 1. The van der Waals surface area contributed by atoms with Crippen molar-refractivity contribution in [1.29, 1.82) is 0 Å². The highest BCUT2D eigenvalue weighted by Gasteiger charge is 2.02. The number of H-pyrrole nitrogens is 1. The zero-order valence-electron chi connectivity index (χ0n) is 6.76. The van der Waals surface area contributed by atoms with Gasteiger partial charge in [0, 0.05) is 10.9 Å². The molecule has 0 spiro atoms. The van der Waals surface area contributed by atoms with Crippen LogP contribution in [0.5, 0.6) is 0 Å². The molecule has 1 aromatic heterocycles. The van der Waals surface area contributed by atoms with E-state index in [0.717, 1.165) is 27.8 Å². The summed E-state index contributed by atoms with van der Waals surface area (Å²) in [4.78, 5) is 7.67. The minimum atomic E-state index is 0.946. The zero-order chi connectivity index (χ0) is 8.55. The van der Waals surface area contributed by atoms with Crippen molar-refractivity contribution in [3.05, 3.63) is 28.5 Å². The molecule has 3 heteroatoms. The van der Waals surface area contributed by atoms with E-state index >= 15 is 0 Å². The maximum atomic E-state index is 4.43. The largest absolute Gasteiger partial charge is 0.342 e. The first-order chi connectivity index (χ1) is 5.81. The molecule has 0 bridgehead atoms. The van der Waals surface area contributed by atoms with Gasteiger partial charge < -0.3 is 4.98 Å². The van der Waals surface area contributed by atoms with Gasteiger partial charge in [-0.1, -0.05) is 13.0 Å². The van der Waals surface area contributed by atoms with Gasteiger partial charge in [0.05, 0.1) is 5.52 Å². The number of aromatic amines is 1. The molecule has 0 unspecified atom stereocenters. The summed E-state index contributed by atoms with van der Waals surface area (Å²) in [7, 11) is 0. The Morgan fingerprint density at radius 2 is 2.33 bits per heavy atom. The Morgan fingerprint density at radius 1 is 1.50 bits per heavy atom. The molecule has 12 heavy (non-hydrogen) atoms. The lowest BCUT2D eigenvalue weighted by molar-refractivity contribution is 1.00. The highest BCUT2D eigenvalue weighted by molar-refractivity contribution is 9.10. The maximum Gasteiger partial charge on any atom is 0.106 e. The third-order valence-corrected chi connectivity index (χ3v) is 2.49. The normalized spacial score (nSPS) is 10.8. The van der Waals surface area contributed by atoms with Gasteiger partial charge in [0.1, 0.15) is 11.3 Å². The molecule has 0 atom stereocenters. The Bertz CT molecular complexity index is 406. The van der Waals surface area contributed by atoms with Gasteiger partial charge >= 0.3 is 0 Å². The Kier molecular flexibility index (Phi) is 1.89. The first kappa shape index (κ1) is 7.80. The van der Waals surface area contributed by atoms with Gasteiger partial charge in [-0.3, -0.25) is 0 Å². The molecule has 0 amide bonds. The van der Waals surface area contributed by atoms with Gasteiger partial charge in [-0.15, -0.1) is 0 Å². The fraction of sp³-hybridized carbons (Fsp3) is 0.222. The molecule has 0 radical (unpaired) electrons. The minimum absolute atomic E-state index is 0.946. The Hall–Kier alpha value is -0.830. The third kappa shape index (κ3) is 1.14. The lowest BCUT2D eigenvalue weighted by Crippen LogP contribution is -1.79. The number of hydrogen-bond donors (Lipinski definition) is 1. The number of aryl methyl sites for hydroxylation is 1. The smallest absolute Gasteiger partial charge is 0.106 e. The molecule has 1 aromatic carbocycles. The molecule has 0 fully saturated rings. The van der Waals surface area contributed by atoms with Crippen LogP contribution in [0.15, 0.2) is 22.7 Å². The standard InChI is InChI=1S/C9H9BrN2/c1-2-8-11-7-5-3-4-6(10)9(7)12-8/h3-5H,2H2,1H3,(H,11,12). The second kappa shape index (κ2) is 2.90. The van der Waals surface area contributed by atoms with E-state index in [2.05, 4.69) is 32.8 Å². The van der Waals surface area contributed by atoms with Gasteiger partial charge in [0.25, 0.3) is 0 Å². The van der Waals surface area contributed by atoms with Crippen molar-refractivity contribution in [2.75, 3.05) is 0 Å². The van der Waals surface area contributed by atoms with Gasteiger partial charge in [0.2, 0.25) is 0 Å². The predicted molar refractivity (Wildman–Crippen MR) is 53.2 cm³/mol. The average Bonchev–Trinajstić information content (AvgIpc) is 2.49. The predicted octanol–water partition coefficient (Wildman–Crippen LogP) is 2.89. The van der Waals surface area contributed by atoms with Crippen molar-refractivity contribution in [3.63, 3.8) is 0 Å². The quantitative estimate of drug-likeness (QED) is 0.794. The lowest BCUT2D eigenvalue weighted by atomic mass is 10.3. The first-order valence-electron chi connectivity index (χ1n) is 3.94. The van der Waals surface area contributed by atoms with Crippen molar-refractivity contribution in [2.24, 2.45) is 0 Å². The maximum absolute atomic E-state index is 4.43. The van der Waals surface area contributed by atoms with Gasteiger partial charge in [-0.05, 0) is 28.1 Å². The summed E-state index contributed by atoms with van der Waals surface area (Å²) in [5, 5.41) is 0. The van der Waals surface area contributed by atoms with Crippen LogP contribution in [0, 0.1) is 0 Å². The number of nitrogens with zero attached hydrogens (tertiary/aromatic N) is 1. The van der Waals surface area contributed by atoms with E-state index in [1.54, 1.807) is 0 Å². The highest BCUT2D eigenvalue weighted by atomic mass is 79.9. The molecular weight excluding hydrogens is 216 g/mol. The summed E-state index contributed by atoms with van der Waals surface area (Å²) < 4.78 is 1.05. The van der Waals surface area contributed by atoms with Crippen molar-refractivity contribution in [2.45, 2.75) is 13.3 Å². The highest BCUT2D eigenvalue weighted by Crippen LogP contribution is 2.21. The Labute approximate surface area is 79.1 Å². The van der Waals surface area contributed by atoms with Crippen molar-refractivity contribution >= 4 is 27.0 Å². The molecule has 2 aromatic rings. The molecule has 0 aliphatic rings. The number of para-hydroxylation sites is 1. The van der Waals surface area contributed by atoms with Crippen LogP contribution < -0.4 is 0 Å². The van der Waals surface area contributed by atoms with Crippen LogP contribution in [-0.2, 0) is 6.42 Å². The molecule has 2 rings (SSSR count). The van der Waals surface area contributed by atoms with E-state index < -0.39 is 0 Å². The number of hydrogen-bond acceptors (Lipinski definition) is 1. The molecule has 0 aliphatic carbocycles. The molecule has 0 saturated heterocycles. The summed E-state index contributed by atoms with van der Waals surface area (Å²) >= 11 is 3.46. The van der Waals surface area contributed by atoms with E-state index in [1.807, 2.05) is 18.2 Å². The molecule has 1 heterocycles. The summed E-state index contributed by atoms with van der Waals surface area (Å²) in [5.74, 6) is 1.04. The molecular formula is C9H9BrN2. The van der Waals surface area contributed by atoms with Crippen LogP contribution in [0.25, 0.3) is 11.0 Å². The second-order valence-electron chi connectivity index (χ2n) is 2.67. The van der Waals surface area contributed by atoms with Crippen LogP contribution in [0.2, 0.25) is 0 Å². The number of aromatic nitrogens is 2. The summed E-state index contributed by atoms with van der Waals surface area (Å²) in [6.45, 7) is 2.09. The van der Waals surface area contributed by atoms with Crippen LogP contribution in [0.4, 0.5) is 0 Å². The van der Waals surface area contributed by atoms with E-state index in [1.165, 1.54) is 0 Å².